The summed E-state index contributed by atoms with van der Waals surface area (Å²) in [5.74, 6) is 0. The van der Waals surface area contributed by atoms with Gasteiger partial charge in [0.15, 0.2) is 0 Å². The van der Waals surface area contributed by atoms with Crippen LogP contribution < -0.4 is 5.73 Å². The molecule has 0 bridgehead atoms. The maximum absolute atomic E-state index is 5.62. The van der Waals surface area contributed by atoms with E-state index >= 15 is 0 Å². The average molecular weight is 206 g/mol. The van der Waals surface area contributed by atoms with Crippen molar-refractivity contribution in [3.05, 3.63) is 35.9 Å². The molecule has 1 atom stereocenters. The topological polar surface area (TPSA) is 38.5 Å². The first-order valence-electron chi connectivity index (χ1n) is 5.48. The number of hydrogen-bond acceptors (Lipinski definition) is 3. The van der Waals surface area contributed by atoms with E-state index in [9.17, 15) is 0 Å². The summed E-state index contributed by atoms with van der Waals surface area (Å²) in [6.45, 7) is 4.25. The van der Waals surface area contributed by atoms with Gasteiger partial charge in [-0.25, -0.2) is 0 Å². The van der Waals surface area contributed by atoms with Crippen molar-refractivity contribution in [3.63, 3.8) is 0 Å². The Morgan fingerprint density at radius 2 is 2.13 bits per heavy atom. The van der Waals surface area contributed by atoms with Gasteiger partial charge >= 0.3 is 0 Å². The zero-order valence-electron chi connectivity index (χ0n) is 8.93. The Morgan fingerprint density at radius 1 is 1.33 bits per heavy atom. The first-order chi connectivity index (χ1) is 7.42. The molecule has 1 fully saturated rings. The first-order valence-corrected chi connectivity index (χ1v) is 5.48. The van der Waals surface area contributed by atoms with Crippen LogP contribution in [0.2, 0.25) is 0 Å². The van der Waals surface area contributed by atoms with Crippen LogP contribution in [-0.4, -0.2) is 37.7 Å². The minimum absolute atomic E-state index is 0.378. The molecule has 0 radical (unpaired) electrons. The summed E-state index contributed by atoms with van der Waals surface area (Å²) in [6.07, 6.45) is 0. The highest BCUT2D eigenvalue weighted by Gasteiger charge is 2.23. The van der Waals surface area contributed by atoms with E-state index in [2.05, 4.69) is 29.2 Å². The molecule has 0 amide bonds. The van der Waals surface area contributed by atoms with Crippen LogP contribution >= 0.6 is 0 Å². The maximum atomic E-state index is 5.62. The van der Waals surface area contributed by atoms with Gasteiger partial charge in [0, 0.05) is 19.6 Å². The molecule has 2 N–H and O–H groups in total. The van der Waals surface area contributed by atoms with Crippen LogP contribution in [0, 0.1) is 0 Å². The van der Waals surface area contributed by atoms with Crippen molar-refractivity contribution in [1.29, 1.82) is 0 Å². The molecule has 1 aliphatic heterocycles. The van der Waals surface area contributed by atoms with Crippen molar-refractivity contribution in [1.82, 2.24) is 4.90 Å². The molecule has 1 aromatic carbocycles. The summed E-state index contributed by atoms with van der Waals surface area (Å²) in [5, 5.41) is 0. The molecule has 3 nitrogen and oxygen atoms in total. The molecular formula is C12H18N2O. The summed E-state index contributed by atoms with van der Waals surface area (Å²) in [4.78, 5) is 2.40. The van der Waals surface area contributed by atoms with Crippen molar-refractivity contribution in [2.75, 3.05) is 32.8 Å². The molecule has 0 spiro atoms. The second-order valence-corrected chi connectivity index (χ2v) is 3.83. The third-order valence-electron chi connectivity index (χ3n) is 2.84. The molecule has 0 aromatic heterocycles. The number of nitrogens with zero attached hydrogens (tertiary/aromatic N) is 1. The van der Waals surface area contributed by atoms with Gasteiger partial charge in [0.2, 0.25) is 0 Å². The maximum Gasteiger partial charge on any atom is 0.0664 e. The minimum Gasteiger partial charge on any atom is -0.378 e. The van der Waals surface area contributed by atoms with Crippen LogP contribution in [0.1, 0.15) is 11.6 Å². The van der Waals surface area contributed by atoms with Crippen molar-refractivity contribution in [3.8, 4) is 0 Å². The fraction of sp³-hybridized carbons (Fsp3) is 0.500. The Bertz CT molecular complexity index is 287. The summed E-state index contributed by atoms with van der Waals surface area (Å²) >= 11 is 0. The first kappa shape index (κ1) is 10.6. The minimum atomic E-state index is 0.378. The standard InChI is InChI=1S/C12H18N2O/c13-6-7-14-8-9-15-10-12(14)11-4-2-1-3-5-11/h1-5,12H,6-10,13H2. The van der Waals surface area contributed by atoms with E-state index in [0.29, 0.717) is 12.6 Å². The predicted octanol–water partition coefficient (Wildman–Crippen LogP) is 1.02. The summed E-state index contributed by atoms with van der Waals surface area (Å²) in [7, 11) is 0. The van der Waals surface area contributed by atoms with Crippen molar-refractivity contribution < 1.29 is 4.74 Å². The van der Waals surface area contributed by atoms with Gasteiger partial charge in [-0.05, 0) is 5.56 Å². The zero-order chi connectivity index (χ0) is 10.5. The molecule has 1 saturated heterocycles. The van der Waals surface area contributed by atoms with Crippen molar-refractivity contribution >= 4 is 0 Å². The normalized spacial score (nSPS) is 22.9. The fourth-order valence-corrected chi connectivity index (χ4v) is 2.05. The monoisotopic (exact) mass is 206 g/mol. The second-order valence-electron chi connectivity index (χ2n) is 3.83. The average Bonchev–Trinajstić information content (AvgIpc) is 2.31. The Balaban J connectivity index is 2.11. The van der Waals surface area contributed by atoms with E-state index in [1.807, 2.05) is 6.07 Å². The largest absolute Gasteiger partial charge is 0.378 e. The lowest BCUT2D eigenvalue weighted by Gasteiger charge is -2.35. The Labute approximate surface area is 90.8 Å². The zero-order valence-corrected chi connectivity index (χ0v) is 8.93. The van der Waals surface area contributed by atoms with E-state index in [0.717, 1.165) is 26.3 Å². The molecule has 2 rings (SSSR count). The third kappa shape index (κ3) is 2.56. The number of rotatable bonds is 3. The molecule has 1 heterocycles. The summed E-state index contributed by atoms with van der Waals surface area (Å²) < 4.78 is 5.53. The van der Waals surface area contributed by atoms with Crippen LogP contribution in [0.25, 0.3) is 0 Å². The molecule has 82 valence electrons. The molecule has 1 aromatic rings. The summed E-state index contributed by atoms with van der Waals surface area (Å²) in [5.41, 5.74) is 6.94. The Morgan fingerprint density at radius 3 is 2.87 bits per heavy atom. The van der Waals surface area contributed by atoms with Gasteiger partial charge in [-0.3, -0.25) is 4.90 Å². The van der Waals surface area contributed by atoms with E-state index in [1.165, 1.54) is 5.56 Å². The number of ether oxygens (including phenoxy) is 1. The quantitative estimate of drug-likeness (QED) is 0.802. The number of morpholine rings is 1. The van der Waals surface area contributed by atoms with Crippen LogP contribution in [0.4, 0.5) is 0 Å². The highest BCUT2D eigenvalue weighted by molar-refractivity contribution is 5.19. The number of benzene rings is 1. The highest BCUT2D eigenvalue weighted by atomic mass is 16.5. The summed E-state index contributed by atoms with van der Waals surface area (Å²) in [6, 6.07) is 10.9. The molecule has 0 saturated carbocycles. The molecule has 1 unspecified atom stereocenters. The van der Waals surface area contributed by atoms with Gasteiger partial charge in [0.05, 0.1) is 19.3 Å². The lowest BCUT2D eigenvalue weighted by molar-refractivity contribution is -0.00682. The van der Waals surface area contributed by atoms with Gasteiger partial charge in [0.1, 0.15) is 0 Å². The predicted molar refractivity (Wildman–Crippen MR) is 60.6 cm³/mol. The molecular weight excluding hydrogens is 188 g/mol. The van der Waals surface area contributed by atoms with E-state index in [-0.39, 0.29) is 0 Å². The Kier molecular flexibility index (Phi) is 3.72. The SMILES string of the molecule is NCCN1CCOCC1c1ccccc1. The fourth-order valence-electron chi connectivity index (χ4n) is 2.05. The lowest BCUT2D eigenvalue weighted by atomic mass is 10.1. The Hall–Kier alpha value is -0.900. The van der Waals surface area contributed by atoms with Gasteiger partial charge < -0.3 is 10.5 Å². The second kappa shape index (κ2) is 5.26. The van der Waals surface area contributed by atoms with Gasteiger partial charge in [-0.15, -0.1) is 0 Å². The third-order valence-corrected chi connectivity index (χ3v) is 2.84. The van der Waals surface area contributed by atoms with Gasteiger partial charge in [0.25, 0.3) is 0 Å². The van der Waals surface area contributed by atoms with E-state index in [4.69, 9.17) is 10.5 Å². The van der Waals surface area contributed by atoms with Crippen LogP contribution in [-0.2, 0) is 4.74 Å². The van der Waals surface area contributed by atoms with Gasteiger partial charge in [-0.1, -0.05) is 30.3 Å². The smallest absolute Gasteiger partial charge is 0.0664 e. The van der Waals surface area contributed by atoms with Crippen LogP contribution in [0.5, 0.6) is 0 Å². The van der Waals surface area contributed by atoms with Crippen LogP contribution in [0.3, 0.4) is 0 Å². The van der Waals surface area contributed by atoms with Crippen LogP contribution in [0.15, 0.2) is 30.3 Å². The molecule has 0 aliphatic carbocycles. The highest BCUT2D eigenvalue weighted by Crippen LogP contribution is 2.23. The lowest BCUT2D eigenvalue weighted by Crippen LogP contribution is -2.42. The van der Waals surface area contributed by atoms with Crippen molar-refractivity contribution in [2.24, 2.45) is 5.73 Å². The van der Waals surface area contributed by atoms with Gasteiger partial charge in [-0.2, -0.15) is 0 Å². The molecule has 15 heavy (non-hydrogen) atoms. The number of nitrogens with two attached hydrogens (primary N) is 1. The number of hydrogen-bond donors (Lipinski definition) is 1. The molecule has 1 aliphatic rings. The van der Waals surface area contributed by atoms with Crippen molar-refractivity contribution in [2.45, 2.75) is 6.04 Å². The molecule has 3 heteroatoms. The van der Waals surface area contributed by atoms with E-state index < -0.39 is 0 Å². The van der Waals surface area contributed by atoms with E-state index in [1.54, 1.807) is 0 Å².